The molecule has 0 saturated carbocycles. The summed E-state index contributed by atoms with van der Waals surface area (Å²) in [6.07, 6.45) is 2.60. The molecule has 1 fully saturated rings. The van der Waals surface area contributed by atoms with Crippen molar-refractivity contribution in [3.63, 3.8) is 0 Å². The Labute approximate surface area is 210 Å². The fourth-order valence-electron chi connectivity index (χ4n) is 4.39. The van der Waals surface area contributed by atoms with Gasteiger partial charge in [-0.15, -0.1) is 0 Å². The SMILES string of the molecule is O=c1[nH]cnc(CC(CO)c2ccc(C#Cc3ccc(CN[C@@H]4CCN(CCO)C4)cc3)cc2)c1O. The zero-order valence-corrected chi connectivity index (χ0v) is 20.2. The van der Waals surface area contributed by atoms with Crippen molar-refractivity contribution in [2.75, 3.05) is 32.8 Å². The van der Waals surface area contributed by atoms with Crippen LogP contribution in [0.15, 0.2) is 59.7 Å². The first-order valence-electron chi connectivity index (χ1n) is 12.2. The summed E-state index contributed by atoms with van der Waals surface area (Å²) in [6, 6.07) is 16.3. The molecule has 4 rings (SSSR count). The van der Waals surface area contributed by atoms with Gasteiger partial charge in [0.15, 0.2) is 0 Å². The Morgan fingerprint density at radius 2 is 1.78 bits per heavy atom. The van der Waals surface area contributed by atoms with Gasteiger partial charge in [0, 0.05) is 49.1 Å². The van der Waals surface area contributed by atoms with Gasteiger partial charge in [0.25, 0.3) is 5.56 Å². The van der Waals surface area contributed by atoms with Crippen molar-refractivity contribution in [1.29, 1.82) is 0 Å². The fraction of sp³-hybridized carbons (Fsp3) is 0.357. The van der Waals surface area contributed by atoms with E-state index in [0.29, 0.717) is 6.04 Å². The first-order valence-corrected chi connectivity index (χ1v) is 12.2. The molecule has 0 bridgehead atoms. The maximum Gasteiger partial charge on any atom is 0.293 e. The number of β-amino-alcohol motifs (C(OH)–C–C–N with tert-alkyl or cyclic N) is 1. The van der Waals surface area contributed by atoms with Gasteiger partial charge in [-0.1, -0.05) is 36.1 Å². The van der Waals surface area contributed by atoms with E-state index in [9.17, 15) is 15.0 Å². The molecule has 0 aliphatic carbocycles. The van der Waals surface area contributed by atoms with E-state index in [-0.39, 0.29) is 31.2 Å². The summed E-state index contributed by atoms with van der Waals surface area (Å²) in [7, 11) is 0. The summed E-state index contributed by atoms with van der Waals surface area (Å²) in [4.78, 5) is 20.2. The number of aromatic nitrogens is 2. The van der Waals surface area contributed by atoms with Gasteiger partial charge in [-0.2, -0.15) is 0 Å². The number of nitrogens with one attached hydrogen (secondary N) is 2. The van der Waals surface area contributed by atoms with Gasteiger partial charge in [-0.25, -0.2) is 4.98 Å². The Morgan fingerprint density at radius 3 is 2.44 bits per heavy atom. The summed E-state index contributed by atoms with van der Waals surface area (Å²) < 4.78 is 0. The highest BCUT2D eigenvalue weighted by Crippen LogP contribution is 2.22. The summed E-state index contributed by atoms with van der Waals surface area (Å²) in [5, 5.41) is 32.4. The van der Waals surface area contributed by atoms with Crippen LogP contribution in [0.25, 0.3) is 0 Å². The van der Waals surface area contributed by atoms with Crippen molar-refractivity contribution < 1.29 is 15.3 Å². The van der Waals surface area contributed by atoms with Crippen molar-refractivity contribution >= 4 is 0 Å². The fourth-order valence-corrected chi connectivity index (χ4v) is 4.39. The third-order valence-electron chi connectivity index (χ3n) is 6.54. The third kappa shape index (κ3) is 6.80. The number of hydrogen-bond acceptors (Lipinski definition) is 7. The highest BCUT2D eigenvalue weighted by Gasteiger charge is 2.21. The minimum Gasteiger partial charge on any atom is -0.502 e. The molecule has 1 aliphatic heterocycles. The van der Waals surface area contributed by atoms with E-state index in [4.69, 9.17) is 5.11 Å². The summed E-state index contributed by atoms with van der Waals surface area (Å²) in [5.41, 5.74) is 3.54. The molecule has 1 unspecified atom stereocenters. The molecule has 0 amide bonds. The average Bonchev–Trinajstić information content (AvgIpc) is 3.36. The Balaban J connectivity index is 1.32. The Bertz CT molecular complexity index is 1250. The van der Waals surface area contributed by atoms with Crippen molar-refractivity contribution in [2.24, 2.45) is 0 Å². The van der Waals surface area contributed by atoms with E-state index in [1.807, 2.05) is 36.4 Å². The van der Waals surface area contributed by atoms with Crippen molar-refractivity contribution in [3.05, 3.63) is 93.2 Å². The second-order valence-corrected chi connectivity index (χ2v) is 9.07. The molecule has 2 aromatic carbocycles. The average molecular weight is 489 g/mol. The van der Waals surface area contributed by atoms with Gasteiger partial charge in [-0.05, 0) is 48.4 Å². The molecule has 5 N–H and O–H groups in total. The summed E-state index contributed by atoms with van der Waals surface area (Å²) in [6.45, 7) is 3.64. The second kappa shape index (κ2) is 12.5. The quantitative estimate of drug-likeness (QED) is 0.288. The van der Waals surface area contributed by atoms with Crippen LogP contribution >= 0.6 is 0 Å². The lowest BCUT2D eigenvalue weighted by Crippen LogP contribution is -2.33. The molecule has 2 atom stereocenters. The van der Waals surface area contributed by atoms with Crippen LogP contribution in [0.5, 0.6) is 5.75 Å². The number of aliphatic hydroxyl groups excluding tert-OH is 2. The predicted octanol–water partition coefficient (Wildman–Crippen LogP) is 1.35. The van der Waals surface area contributed by atoms with Crippen LogP contribution in [0.2, 0.25) is 0 Å². The molecule has 3 aromatic rings. The molecule has 2 heterocycles. The molecule has 1 aliphatic rings. The molecule has 188 valence electrons. The van der Waals surface area contributed by atoms with E-state index >= 15 is 0 Å². The predicted molar refractivity (Wildman–Crippen MR) is 138 cm³/mol. The molecule has 1 saturated heterocycles. The third-order valence-corrected chi connectivity index (χ3v) is 6.54. The van der Waals surface area contributed by atoms with Gasteiger partial charge < -0.3 is 25.6 Å². The topological polar surface area (TPSA) is 122 Å². The first-order chi connectivity index (χ1) is 17.6. The number of likely N-dealkylation sites (tertiary alicyclic amines) is 1. The molecule has 0 radical (unpaired) electrons. The largest absolute Gasteiger partial charge is 0.502 e. The van der Waals surface area contributed by atoms with Gasteiger partial charge in [0.2, 0.25) is 5.75 Å². The van der Waals surface area contributed by atoms with Crippen LogP contribution in [0.3, 0.4) is 0 Å². The lowest BCUT2D eigenvalue weighted by molar-refractivity contribution is 0.218. The van der Waals surface area contributed by atoms with E-state index in [0.717, 1.165) is 49.3 Å². The van der Waals surface area contributed by atoms with Crippen LogP contribution in [-0.2, 0) is 13.0 Å². The van der Waals surface area contributed by atoms with E-state index in [1.165, 1.54) is 11.9 Å². The standard InChI is InChI=1S/C28H32N4O4/c33-14-13-32-12-11-25(17-32)29-16-22-5-3-20(4-6-22)1-2-21-7-9-23(10-8-21)24(18-34)15-26-27(35)28(36)31-19-30-26/h3-10,19,24-25,29,33-35H,11-18H2,(H,30,31,36)/t24?,25-/m1/s1. The number of hydrogen-bond donors (Lipinski definition) is 5. The Hall–Kier alpha value is -3.48. The zero-order chi connectivity index (χ0) is 25.3. The highest BCUT2D eigenvalue weighted by atomic mass is 16.3. The number of H-pyrrole nitrogens is 1. The lowest BCUT2D eigenvalue weighted by atomic mass is 9.94. The monoisotopic (exact) mass is 488 g/mol. The maximum atomic E-state index is 11.6. The molecule has 1 aromatic heterocycles. The molecular formula is C28H32N4O4. The van der Waals surface area contributed by atoms with Gasteiger partial charge in [-0.3, -0.25) is 9.69 Å². The van der Waals surface area contributed by atoms with Gasteiger partial charge in [0.1, 0.15) is 0 Å². The normalized spacial score (nSPS) is 16.4. The van der Waals surface area contributed by atoms with Gasteiger partial charge in [0.05, 0.1) is 25.2 Å². The lowest BCUT2D eigenvalue weighted by Gasteiger charge is -2.15. The van der Waals surface area contributed by atoms with Crippen LogP contribution < -0.4 is 10.9 Å². The maximum absolute atomic E-state index is 11.6. The number of aliphatic hydroxyl groups is 2. The zero-order valence-electron chi connectivity index (χ0n) is 20.2. The summed E-state index contributed by atoms with van der Waals surface area (Å²) in [5.74, 6) is 5.65. The molecule has 8 heteroatoms. The van der Waals surface area contributed by atoms with Crippen LogP contribution in [0.1, 0.15) is 40.3 Å². The van der Waals surface area contributed by atoms with Gasteiger partial charge >= 0.3 is 0 Å². The van der Waals surface area contributed by atoms with Crippen LogP contribution in [0, 0.1) is 11.8 Å². The van der Waals surface area contributed by atoms with Crippen molar-refractivity contribution in [2.45, 2.75) is 31.3 Å². The minimum absolute atomic E-state index is 0.137. The Kier molecular flexibility index (Phi) is 8.87. The number of aromatic hydroxyl groups is 1. The van der Waals surface area contributed by atoms with Crippen molar-refractivity contribution in [1.82, 2.24) is 20.2 Å². The smallest absolute Gasteiger partial charge is 0.293 e. The number of aromatic amines is 1. The van der Waals surface area contributed by atoms with Crippen molar-refractivity contribution in [3.8, 4) is 17.6 Å². The Morgan fingerprint density at radius 1 is 1.08 bits per heavy atom. The molecule has 8 nitrogen and oxygen atoms in total. The first kappa shape index (κ1) is 25.6. The molecular weight excluding hydrogens is 456 g/mol. The number of rotatable bonds is 9. The van der Waals surface area contributed by atoms with E-state index < -0.39 is 11.3 Å². The minimum atomic E-state index is -0.592. The summed E-state index contributed by atoms with van der Waals surface area (Å²) >= 11 is 0. The molecule has 36 heavy (non-hydrogen) atoms. The van der Waals surface area contributed by atoms with Crippen LogP contribution in [0.4, 0.5) is 0 Å². The van der Waals surface area contributed by atoms with E-state index in [1.54, 1.807) is 0 Å². The molecule has 0 spiro atoms. The number of benzene rings is 2. The second-order valence-electron chi connectivity index (χ2n) is 9.07. The number of nitrogens with zero attached hydrogens (tertiary/aromatic N) is 2. The van der Waals surface area contributed by atoms with Crippen LogP contribution in [-0.4, -0.2) is 69.1 Å². The van der Waals surface area contributed by atoms with E-state index in [2.05, 4.69) is 44.2 Å². The highest BCUT2D eigenvalue weighted by molar-refractivity contribution is 5.44.